The van der Waals surface area contributed by atoms with Gasteiger partial charge in [-0.05, 0) is 31.5 Å². The predicted octanol–water partition coefficient (Wildman–Crippen LogP) is 2.47. The Kier molecular flexibility index (Phi) is 5.84. The molecular weight excluding hydrogens is 386 g/mol. The van der Waals surface area contributed by atoms with Crippen molar-refractivity contribution < 1.29 is 33.3 Å². The number of thiophene rings is 1. The molecule has 148 valence electrons. The lowest BCUT2D eigenvalue weighted by Crippen LogP contribution is -2.39. The maximum Gasteiger partial charge on any atom is 0.351 e. The standard InChI is InChI=1S/C19H19NO7S/c1-10-11(2)28-17(16(10)19(23)24-3)20-15(21)9-26-18(22)14-8-25-12-6-4-5-7-13(12)27-14/h4-7,14H,8-9H2,1-3H3,(H,20,21). The first-order valence-electron chi connectivity index (χ1n) is 8.44. The highest BCUT2D eigenvalue weighted by atomic mass is 32.1. The summed E-state index contributed by atoms with van der Waals surface area (Å²) in [5.74, 6) is -0.843. The van der Waals surface area contributed by atoms with Crippen molar-refractivity contribution in [3.63, 3.8) is 0 Å². The van der Waals surface area contributed by atoms with E-state index in [2.05, 4.69) is 5.32 Å². The minimum absolute atomic E-state index is 0.00668. The third-order valence-electron chi connectivity index (χ3n) is 4.14. The van der Waals surface area contributed by atoms with E-state index in [9.17, 15) is 14.4 Å². The van der Waals surface area contributed by atoms with E-state index >= 15 is 0 Å². The van der Waals surface area contributed by atoms with E-state index in [0.717, 1.165) is 10.4 Å². The number of esters is 2. The summed E-state index contributed by atoms with van der Waals surface area (Å²) in [6.07, 6.45) is -0.959. The summed E-state index contributed by atoms with van der Waals surface area (Å²) in [5, 5.41) is 2.95. The lowest BCUT2D eigenvalue weighted by molar-refractivity contribution is -0.156. The Morgan fingerprint density at radius 3 is 2.64 bits per heavy atom. The molecule has 0 saturated heterocycles. The van der Waals surface area contributed by atoms with Crippen molar-refractivity contribution in [2.75, 3.05) is 25.6 Å². The zero-order valence-electron chi connectivity index (χ0n) is 15.6. The second kappa shape index (κ2) is 8.30. The molecule has 0 saturated carbocycles. The van der Waals surface area contributed by atoms with Crippen LogP contribution in [0.25, 0.3) is 0 Å². The lowest BCUT2D eigenvalue weighted by atomic mass is 10.1. The van der Waals surface area contributed by atoms with Crippen molar-refractivity contribution in [2.24, 2.45) is 0 Å². The van der Waals surface area contributed by atoms with E-state index in [-0.39, 0.29) is 6.61 Å². The summed E-state index contributed by atoms with van der Waals surface area (Å²) < 4.78 is 20.8. The van der Waals surface area contributed by atoms with Gasteiger partial charge in [0.2, 0.25) is 6.10 Å². The first kappa shape index (κ1) is 19.7. The van der Waals surface area contributed by atoms with Gasteiger partial charge in [-0.3, -0.25) is 4.79 Å². The number of rotatable bonds is 5. The molecule has 0 fully saturated rings. The highest BCUT2D eigenvalue weighted by Gasteiger charge is 2.29. The number of carbonyl (C=O) groups excluding carboxylic acids is 3. The molecule has 1 amide bonds. The maximum atomic E-state index is 12.2. The molecule has 1 unspecified atom stereocenters. The Morgan fingerprint density at radius 2 is 1.93 bits per heavy atom. The van der Waals surface area contributed by atoms with Crippen LogP contribution in [0, 0.1) is 13.8 Å². The number of para-hydroxylation sites is 2. The average Bonchev–Trinajstić information content (AvgIpc) is 2.98. The Bertz CT molecular complexity index is 921. The number of aryl methyl sites for hydroxylation is 1. The third kappa shape index (κ3) is 4.09. The molecule has 1 aliphatic heterocycles. The molecule has 28 heavy (non-hydrogen) atoms. The van der Waals surface area contributed by atoms with Gasteiger partial charge in [0.15, 0.2) is 18.1 Å². The fourth-order valence-electron chi connectivity index (χ4n) is 2.59. The van der Waals surface area contributed by atoms with Crippen LogP contribution in [0.4, 0.5) is 5.00 Å². The van der Waals surface area contributed by atoms with Gasteiger partial charge in [-0.25, -0.2) is 9.59 Å². The van der Waals surface area contributed by atoms with Crippen LogP contribution in [0.1, 0.15) is 20.8 Å². The molecule has 2 aromatic rings. The van der Waals surface area contributed by atoms with Crippen molar-refractivity contribution in [1.82, 2.24) is 0 Å². The number of amides is 1. The minimum atomic E-state index is -0.959. The zero-order valence-corrected chi connectivity index (χ0v) is 16.4. The van der Waals surface area contributed by atoms with Crippen LogP contribution in [0.3, 0.4) is 0 Å². The first-order chi connectivity index (χ1) is 13.4. The summed E-state index contributed by atoms with van der Waals surface area (Å²) in [6, 6.07) is 6.96. The second-order valence-electron chi connectivity index (χ2n) is 6.00. The molecule has 0 radical (unpaired) electrons. The van der Waals surface area contributed by atoms with Crippen molar-refractivity contribution in [1.29, 1.82) is 0 Å². The normalized spacial score (nSPS) is 14.9. The quantitative estimate of drug-likeness (QED) is 0.763. The van der Waals surface area contributed by atoms with Crippen molar-refractivity contribution >= 4 is 34.2 Å². The van der Waals surface area contributed by atoms with Crippen LogP contribution in [0.5, 0.6) is 11.5 Å². The molecule has 1 aliphatic rings. The van der Waals surface area contributed by atoms with E-state index in [0.29, 0.717) is 22.1 Å². The molecule has 8 nitrogen and oxygen atoms in total. The number of hydrogen-bond donors (Lipinski definition) is 1. The number of hydrogen-bond acceptors (Lipinski definition) is 8. The number of benzene rings is 1. The first-order valence-corrected chi connectivity index (χ1v) is 9.25. The third-order valence-corrected chi connectivity index (χ3v) is 5.27. The maximum absolute atomic E-state index is 12.2. The number of nitrogens with one attached hydrogen (secondary N) is 1. The number of anilines is 1. The monoisotopic (exact) mass is 405 g/mol. The molecule has 1 N–H and O–H groups in total. The number of carbonyl (C=O) groups is 3. The van der Waals surface area contributed by atoms with Gasteiger partial charge in [-0.2, -0.15) is 0 Å². The fourth-order valence-corrected chi connectivity index (χ4v) is 3.66. The van der Waals surface area contributed by atoms with Crippen molar-refractivity contribution in [3.8, 4) is 11.5 Å². The molecule has 9 heteroatoms. The van der Waals surface area contributed by atoms with Crippen LogP contribution < -0.4 is 14.8 Å². The van der Waals surface area contributed by atoms with Gasteiger partial charge in [0.25, 0.3) is 5.91 Å². The van der Waals surface area contributed by atoms with Crippen molar-refractivity contribution in [2.45, 2.75) is 20.0 Å². The van der Waals surface area contributed by atoms with Crippen LogP contribution >= 0.6 is 11.3 Å². The number of ether oxygens (including phenoxy) is 4. The van der Waals surface area contributed by atoms with Gasteiger partial charge < -0.3 is 24.3 Å². The molecule has 0 bridgehead atoms. The smallest absolute Gasteiger partial charge is 0.351 e. The van der Waals surface area contributed by atoms with E-state index in [1.54, 1.807) is 31.2 Å². The van der Waals surface area contributed by atoms with E-state index in [1.807, 2.05) is 6.92 Å². The molecule has 1 aromatic carbocycles. The Balaban J connectivity index is 1.57. The fraction of sp³-hybridized carbons (Fsp3) is 0.316. The molecule has 2 heterocycles. The molecular formula is C19H19NO7S. The molecule has 1 atom stereocenters. The second-order valence-corrected chi connectivity index (χ2v) is 7.22. The summed E-state index contributed by atoms with van der Waals surface area (Å²) in [5.41, 5.74) is 1.03. The Morgan fingerprint density at radius 1 is 1.21 bits per heavy atom. The molecule has 0 aliphatic carbocycles. The Labute approximate surface area is 165 Å². The van der Waals surface area contributed by atoms with Crippen LogP contribution in [-0.4, -0.2) is 44.3 Å². The largest absolute Gasteiger partial charge is 0.485 e. The number of fused-ring (bicyclic) bond motifs is 1. The predicted molar refractivity (Wildman–Crippen MR) is 101 cm³/mol. The van der Waals surface area contributed by atoms with Gasteiger partial charge in [-0.1, -0.05) is 12.1 Å². The van der Waals surface area contributed by atoms with Gasteiger partial charge >= 0.3 is 11.9 Å². The molecule has 1 aromatic heterocycles. The van der Waals surface area contributed by atoms with Gasteiger partial charge in [0, 0.05) is 4.88 Å². The van der Waals surface area contributed by atoms with Gasteiger partial charge in [0.05, 0.1) is 12.7 Å². The van der Waals surface area contributed by atoms with Gasteiger partial charge in [-0.15, -0.1) is 11.3 Å². The van der Waals surface area contributed by atoms with E-state index in [4.69, 9.17) is 18.9 Å². The molecule has 3 rings (SSSR count). The van der Waals surface area contributed by atoms with Crippen molar-refractivity contribution in [3.05, 3.63) is 40.3 Å². The van der Waals surface area contributed by atoms with Crippen LogP contribution in [0.2, 0.25) is 0 Å². The summed E-state index contributed by atoms with van der Waals surface area (Å²) in [6.45, 7) is 3.08. The summed E-state index contributed by atoms with van der Waals surface area (Å²) in [4.78, 5) is 37.2. The molecule has 0 spiro atoms. The average molecular weight is 405 g/mol. The Hall–Kier alpha value is -3.07. The van der Waals surface area contributed by atoms with Crippen LogP contribution in [0.15, 0.2) is 24.3 Å². The minimum Gasteiger partial charge on any atom is -0.485 e. The van der Waals surface area contributed by atoms with E-state index < -0.39 is 30.6 Å². The van der Waals surface area contributed by atoms with Crippen LogP contribution in [-0.2, 0) is 19.1 Å². The SMILES string of the molecule is COC(=O)c1c(NC(=O)COC(=O)C2COc3ccccc3O2)sc(C)c1C. The number of methoxy groups -OCH3 is 1. The lowest BCUT2D eigenvalue weighted by Gasteiger charge is -2.24. The zero-order chi connectivity index (χ0) is 20.3. The topological polar surface area (TPSA) is 100 Å². The highest BCUT2D eigenvalue weighted by molar-refractivity contribution is 7.16. The summed E-state index contributed by atoms with van der Waals surface area (Å²) in [7, 11) is 1.27. The summed E-state index contributed by atoms with van der Waals surface area (Å²) >= 11 is 1.25. The van der Waals surface area contributed by atoms with E-state index in [1.165, 1.54) is 18.4 Å². The van der Waals surface area contributed by atoms with Gasteiger partial charge in [0.1, 0.15) is 11.6 Å². The highest BCUT2D eigenvalue weighted by Crippen LogP contribution is 2.33.